The maximum Gasteiger partial charge on any atom is 0.471 e. The molecule has 1 aliphatic heterocycles. The van der Waals surface area contributed by atoms with Crippen molar-refractivity contribution < 1.29 is 32.2 Å². The molecule has 0 spiro atoms. The highest BCUT2D eigenvalue weighted by Gasteiger charge is 2.50. The Morgan fingerprint density at radius 3 is 2.40 bits per heavy atom. The molecule has 2 aliphatic rings. The quantitative estimate of drug-likeness (QED) is 0.360. The standard InChI is InChI=1S/C31H29F3N2O4/c1-3-16-40-27-11-7-4-8-22(27)20-17-24-28(26(37)18-20)29(19-12-14-21(39-2)15-13-19)36(30(38)31(32,33)34)25-10-6-5-9-23(25)35-24/h4-15,20,29,35H,3,16-18H2,1-2H3. The number of carbonyl (C=O) groups excluding carboxylic acids is 2. The first-order chi connectivity index (χ1) is 19.2. The molecule has 1 amide bonds. The Balaban J connectivity index is 1.69. The Morgan fingerprint density at radius 2 is 1.70 bits per heavy atom. The van der Waals surface area contributed by atoms with Crippen LogP contribution < -0.4 is 19.7 Å². The van der Waals surface area contributed by atoms with E-state index in [0.29, 0.717) is 46.4 Å². The summed E-state index contributed by atoms with van der Waals surface area (Å²) in [4.78, 5) is 27.7. The number of nitrogens with zero attached hydrogens (tertiary/aromatic N) is 1. The summed E-state index contributed by atoms with van der Waals surface area (Å²) in [6.45, 7) is 2.52. The SMILES string of the molecule is CCCOc1ccccc1C1CC(=O)C2=C(C1)Nc1ccccc1N(C(=O)C(F)(F)F)C2c1ccc(OC)cc1. The zero-order valence-corrected chi connectivity index (χ0v) is 22.1. The predicted molar refractivity (Wildman–Crippen MR) is 146 cm³/mol. The van der Waals surface area contributed by atoms with Gasteiger partial charge in [0.05, 0.1) is 31.1 Å². The van der Waals surface area contributed by atoms with Crippen molar-refractivity contribution in [3.63, 3.8) is 0 Å². The third-order valence-electron chi connectivity index (χ3n) is 7.20. The minimum absolute atomic E-state index is 0.0380. The van der Waals surface area contributed by atoms with Crippen molar-refractivity contribution in [1.29, 1.82) is 0 Å². The number of benzene rings is 3. The van der Waals surface area contributed by atoms with E-state index in [2.05, 4.69) is 5.32 Å². The van der Waals surface area contributed by atoms with E-state index in [4.69, 9.17) is 9.47 Å². The van der Waals surface area contributed by atoms with Gasteiger partial charge in [0.15, 0.2) is 5.78 Å². The van der Waals surface area contributed by atoms with Crippen molar-refractivity contribution in [1.82, 2.24) is 0 Å². The molecule has 0 saturated heterocycles. The molecule has 2 atom stereocenters. The lowest BCUT2D eigenvalue weighted by molar-refractivity contribution is -0.170. The Labute approximate surface area is 230 Å². The average Bonchev–Trinajstić information content (AvgIpc) is 3.10. The molecule has 0 aromatic heterocycles. The number of ketones is 1. The summed E-state index contributed by atoms with van der Waals surface area (Å²) >= 11 is 0. The van der Waals surface area contributed by atoms with Crippen LogP contribution in [0.4, 0.5) is 24.5 Å². The summed E-state index contributed by atoms with van der Waals surface area (Å²) in [5.41, 5.74) is 2.20. The summed E-state index contributed by atoms with van der Waals surface area (Å²) in [6.07, 6.45) is -3.94. The molecule has 0 saturated carbocycles. The first-order valence-electron chi connectivity index (χ1n) is 13.1. The molecule has 1 heterocycles. The van der Waals surface area contributed by atoms with Crippen molar-refractivity contribution in [2.75, 3.05) is 23.9 Å². The molecule has 3 aromatic rings. The van der Waals surface area contributed by atoms with Crippen molar-refractivity contribution in [2.45, 2.75) is 44.3 Å². The first kappa shape index (κ1) is 27.3. The molecule has 0 bridgehead atoms. The smallest absolute Gasteiger partial charge is 0.471 e. The van der Waals surface area contributed by atoms with Crippen molar-refractivity contribution in [3.05, 3.63) is 95.2 Å². The van der Waals surface area contributed by atoms with Gasteiger partial charge < -0.3 is 14.8 Å². The molecule has 0 fully saturated rings. The molecule has 40 heavy (non-hydrogen) atoms. The van der Waals surface area contributed by atoms with Gasteiger partial charge in [0, 0.05) is 23.6 Å². The fourth-order valence-corrected chi connectivity index (χ4v) is 5.43. The van der Waals surface area contributed by atoms with E-state index < -0.39 is 18.1 Å². The third-order valence-corrected chi connectivity index (χ3v) is 7.20. The van der Waals surface area contributed by atoms with Gasteiger partial charge in [0.2, 0.25) is 0 Å². The number of fused-ring (bicyclic) bond motifs is 1. The van der Waals surface area contributed by atoms with Gasteiger partial charge in [-0.15, -0.1) is 0 Å². The van der Waals surface area contributed by atoms with Gasteiger partial charge >= 0.3 is 12.1 Å². The second-order valence-corrected chi connectivity index (χ2v) is 9.80. The maximum absolute atomic E-state index is 14.1. The molecular formula is C31H29F3N2O4. The van der Waals surface area contributed by atoms with Crippen LogP contribution >= 0.6 is 0 Å². The van der Waals surface area contributed by atoms with E-state index >= 15 is 0 Å². The van der Waals surface area contributed by atoms with E-state index in [0.717, 1.165) is 12.0 Å². The molecule has 2 unspecified atom stereocenters. The Morgan fingerprint density at radius 1 is 1.00 bits per heavy atom. The topological polar surface area (TPSA) is 67.9 Å². The van der Waals surface area contributed by atoms with Crippen LogP contribution in [0.5, 0.6) is 11.5 Å². The maximum atomic E-state index is 14.1. The van der Waals surface area contributed by atoms with E-state index in [9.17, 15) is 22.8 Å². The number of rotatable bonds is 6. The van der Waals surface area contributed by atoms with Crippen LogP contribution in [-0.2, 0) is 9.59 Å². The normalized spacial score (nSPS) is 18.8. The van der Waals surface area contributed by atoms with Gasteiger partial charge in [-0.3, -0.25) is 14.5 Å². The summed E-state index contributed by atoms with van der Waals surface area (Å²) in [5, 5.41) is 3.24. The Hall–Kier alpha value is -4.27. The fraction of sp³-hybridized carbons (Fsp3) is 0.290. The van der Waals surface area contributed by atoms with Crippen molar-refractivity contribution in [3.8, 4) is 11.5 Å². The van der Waals surface area contributed by atoms with E-state index in [1.54, 1.807) is 42.5 Å². The minimum Gasteiger partial charge on any atom is -0.497 e. The minimum atomic E-state index is -5.17. The molecule has 208 valence electrons. The van der Waals surface area contributed by atoms with Crippen LogP contribution in [0, 0.1) is 0 Å². The lowest BCUT2D eigenvalue weighted by atomic mass is 9.78. The average molecular weight is 551 g/mol. The zero-order valence-electron chi connectivity index (χ0n) is 22.1. The zero-order chi connectivity index (χ0) is 28.4. The number of carbonyl (C=O) groups is 2. The number of amides is 1. The van der Waals surface area contributed by atoms with Gasteiger partial charge in [-0.05, 0) is 54.3 Å². The molecular weight excluding hydrogens is 521 g/mol. The van der Waals surface area contributed by atoms with E-state index in [1.807, 2.05) is 31.2 Å². The van der Waals surface area contributed by atoms with Crippen LogP contribution in [0.3, 0.4) is 0 Å². The number of alkyl halides is 3. The van der Waals surface area contributed by atoms with E-state index in [1.165, 1.54) is 13.2 Å². The number of para-hydroxylation sites is 3. The third kappa shape index (κ3) is 5.15. The van der Waals surface area contributed by atoms with Crippen molar-refractivity contribution in [2.24, 2.45) is 0 Å². The Bertz CT molecular complexity index is 1450. The van der Waals surface area contributed by atoms with Gasteiger partial charge in [0.1, 0.15) is 11.5 Å². The highest BCUT2D eigenvalue weighted by atomic mass is 19.4. The van der Waals surface area contributed by atoms with Crippen LogP contribution in [0.15, 0.2) is 84.1 Å². The predicted octanol–water partition coefficient (Wildman–Crippen LogP) is 6.95. The Kier molecular flexibility index (Phi) is 7.56. The number of hydrogen-bond acceptors (Lipinski definition) is 5. The van der Waals surface area contributed by atoms with Gasteiger partial charge in [0.25, 0.3) is 0 Å². The molecule has 5 rings (SSSR count). The lowest BCUT2D eigenvalue weighted by Gasteiger charge is -2.35. The van der Waals surface area contributed by atoms with E-state index in [-0.39, 0.29) is 29.4 Å². The van der Waals surface area contributed by atoms with Crippen LogP contribution in [-0.4, -0.2) is 31.6 Å². The molecule has 1 aliphatic carbocycles. The number of ether oxygens (including phenoxy) is 2. The van der Waals surface area contributed by atoms with Crippen molar-refractivity contribution >= 4 is 23.1 Å². The second kappa shape index (κ2) is 11.1. The van der Waals surface area contributed by atoms with Gasteiger partial charge in [-0.1, -0.05) is 49.4 Å². The summed E-state index contributed by atoms with van der Waals surface area (Å²) in [6, 6.07) is 18.9. The largest absolute Gasteiger partial charge is 0.497 e. The number of halogens is 3. The van der Waals surface area contributed by atoms with Crippen LogP contribution in [0.25, 0.3) is 0 Å². The number of Topliss-reactive ketones (excluding diaryl/α,β-unsaturated/α-hetero) is 1. The summed E-state index contributed by atoms with van der Waals surface area (Å²) < 4.78 is 53.4. The highest BCUT2D eigenvalue weighted by molar-refractivity contribution is 6.07. The molecule has 1 N–H and O–H groups in total. The number of anilines is 2. The molecule has 9 heteroatoms. The fourth-order valence-electron chi connectivity index (χ4n) is 5.43. The molecule has 3 aromatic carbocycles. The monoisotopic (exact) mass is 550 g/mol. The summed E-state index contributed by atoms with van der Waals surface area (Å²) in [5.74, 6) is -1.47. The number of nitrogens with one attached hydrogen (secondary N) is 1. The lowest BCUT2D eigenvalue weighted by Crippen LogP contribution is -2.45. The van der Waals surface area contributed by atoms with Crippen LogP contribution in [0.1, 0.15) is 49.3 Å². The molecule has 0 radical (unpaired) electrons. The van der Waals surface area contributed by atoms with Gasteiger partial charge in [-0.2, -0.15) is 13.2 Å². The summed E-state index contributed by atoms with van der Waals surface area (Å²) in [7, 11) is 1.48. The number of methoxy groups -OCH3 is 1. The number of allylic oxidation sites excluding steroid dienone is 1. The van der Waals surface area contributed by atoms with Crippen LogP contribution in [0.2, 0.25) is 0 Å². The first-order valence-corrected chi connectivity index (χ1v) is 13.1. The van der Waals surface area contributed by atoms with Gasteiger partial charge in [-0.25, -0.2) is 0 Å². The molecule has 6 nitrogen and oxygen atoms in total. The highest BCUT2D eigenvalue weighted by Crippen LogP contribution is 2.49. The number of hydrogen-bond donors (Lipinski definition) is 1. The second-order valence-electron chi connectivity index (χ2n) is 9.80.